The van der Waals surface area contributed by atoms with E-state index in [-0.39, 0.29) is 17.7 Å². The van der Waals surface area contributed by atoms with Gasteiger partial charge in [-0.25, -0.2) is 0 Å². The van der Waals surface area contributed by atoms with Crippen LogP contribution in [-0.4, -0.2) is 25.0 Å². The molecule has 10 heteroatoms. The number of halogens is 6. The Bertz CT molecular complexity index is 966. The number of hydrogen-bond acceptors (Lipinski definition) is 3. The number of carbonyl (C=O) groups is 1. The fraction of sp³-hybridized carbons (Fsp3) is 0.480. The third kappa shape index (κ3) is 6.55. The molecule has 1 saturated carbocycles. The molecule has 2 aromatic carbocycles. The summed E-state index contributed by atoms with van der Waals surface area (Å²) in [5, 5.41) is 6.34. The minimum Gasteiger partial charge on any atom is -0.346 e. The maximum atomic E-state index is 13.3. The summed E-state index contributed by atoms with van der Waals surface area (Å²) in [7, 11) is 0. The van der Waals surface area contributed by atoms with Gasteiger partial charge >= 0.3 is 12.4 Å². The van der Waals surface area contributed by atoms with Crippen molar-refractivity contribution in [3.8, 4) is 0 Å². The summed E-state index contributed by atoms with van der Waals surface area (Å²) in [5.41, 5.74) is 2.41. The molecule has 0 heterocycles. The van der Waals surface area contributed by atoms with E-state index in [2.05, 4.69) is 10.6 Å². The first-order valence-corrected chi connectivity index (χ1v) is 11.5. The number of nitrogens with two attached hydrogens (primary N) is 1. The number of amides is 1. The van der Waals surface area contributed by atoms with Gasteiger partial charge in [0.2, 0.25) is 5.91 Å². The van der Waals surface area contributed by atoms with Crippen molar-refractivity contribution in [1.29, 1.82) is 0 Å². The average Bonchev–Trinajstić information content (AvgIpc) is 2.82. The van der Waals surface area contributed by atoms with Crippen molar-refractivity contribution in [3.05, 3.63) is 70.8 Å². The Balaban J connectivity index is 1.90. The van der Waals surface area contributed by atoms with Gasteiger partial charge in [-0.05, 0) is 61.9 Å². The lowest BCUT2D eigenvalue weighted by Gasteiger charge is -2.42. The van der Waals surface area contributed by atoms with Gasteiger partial charge in [-0.2, -0.15) is 26.3 Å². The Morgan fingerprint density at radius 2 is 1.54 bits per heavy atom. The van der Waals surface area contributed by atoms with Gasteiger partial charge in [0.1, 0.15) is 0 Å². The molecule has 2 aromatic rings. The van der Waals surface area contributed by atoms with Gasteiger partial charge < -0.3 is 16.4 Å². The SMILES string of the molecule is CC(C(=O)N[C@]1(c2ccccc2)CC[C@@H](NCCN)CC1)c1cc(C(F)(F)F)cc(C(F)(F)F)c1. The summed E-state index contributed by atoms with van der Waals surface area (Å²) in [6.45, 7) is 2.47. The predicted octanol–water partition coefficient (Wildman–Crippen LogP) is 5.33. The van der Waals surface area contributed by atoms with E-state index >= 15 is 0 Å². The van der Waals surface area contributed by atoms with Gasteiger partial charge in [-0.1, -0.05) is 30.3 Å². The Morgan fingerprint density at radius 3 is 2.03 bits per heavy atom. The van der Waals surface area contributed by atoms with Crippen LogP contribution in [0, 0.1) is 0 Å². The topological polar surface area (TPSA) is 67.2 Å². The van der Waals surface area contributed by atoms with Crippen LogP contribution in [-0.2, 0) is 22.7 Å². The zero-order valence-electron chi connectivity index (χ0n) is 19.3. The van der Waals surface area contributed by atoms with Gasteiger partial charge in [-0.15, -0.1) is 0 Å². The van der Waals surface area contributed by atoms with Crippen molar-refractivity contribution in [2.45, 2.75) is 62.5 Å². The van der Waals surface area contributed by atoms with Crippen molar-refractivity contribution >= 4 is 5.91 Å². The molecule has 192 valence electrons. The number of carbonyl (C=O) groups excluding carboxylic acids is 1. The number of rotatable bonds is 7. The van der Waals surface area contributed by atoms with Gasteiger partial charge in [0.25, 0.3) is 0 Å². The minimum atomic E-state index is -4.98. The van der Waals surface area contributed by atoms with Crippen LogP contribution in [0.25, 0.3) is 0 Å². The average molecular weight is 502 g/mol. The summed E-state index contributed by atoms with van der Waals surface area (Å²) in [6, 6.07) is 10.7. The first-order valence-electron chi connectivity index (χ1n) is 11.5. The van der Waals surface area contributed by atoms with Crippen LogP contribution in [0.4, 0.5) is 26.3 Å². The molecule has 1 aliphatic carbocycles. The summed E-state index contributed by atoms with van der Waals surface area (Å²) in [5.74, 6) is -1.86. The van der Waals surface area contributed by atoms with Crippen LogP contribution in [0.3, 0.4) is 0 Å². The van der Waals surface area contributed by atoms with Crippen LogP contribution in [0.1, 0.15) is 60.8 Å². The molecule has 0 saturated heterocycles. The van der Waals surface area contributed by atoms with Crippen molar-refractivity contribution < 1.29 is 31.1 Å². The lowest BCUT2D eigenvalue weighted by molar-refractivity contribution is -0.143. The molecule has 35 heavy (non-hydrogen) atoms. The second kappa shape index (κ2) is 10.6. The summed E-state index contributed by atoms with van der Waals surface area (Å²) in [6.07, 6.45) is -7.38. The van der Waals surface area contributed by atoms with Crippen molar-refractivity contribution in [3.63, 3.8) is 0 Å². The molecule has 4 nitrogen and oxygen atoms in total. The third-order valence-corrected chi connectivity index (χ3v) is 6.61. The van der Waals surface area contributed by atoms with E-state index in [1.54, 1.807) is 0 Å². The predicted molar refractivity (Wildman–Crippen MR) is 120 cm³/mol. The summed E-state index contributed by atoms with van der Waals surface area (Å²) >= 11 is 0. The molecule has 0 aromatic heterocycles. The third-order valence-electron chi connectivity index (χ3n) is 6.61. The molecule has 1 fully saturated rings. The monoisotopic (exact) mass is 501 g/mol. The van der Waals surface area contributed by atoms with Crippen molar-refractivity contribution in [2.24, 2.45) is 5.73 Å². The lowest BCUT2D eigenvalue weighted by Crippen LogP contribution is -2.52. The van der Waals surface area contributed by atoms with E-state index in [1.165, 1.54) is 6.92 Å². The Labute approximate surface area is 200 Å². The molecule has 4 N–H and O–H groups in total. The molecule has 1 unspecified atom stereocenters. The molecule has 1 atom stereocenters. The van der Waals surface area contributed by atoms with Crippen LogP contribution in [0.5, 0.6) is 0 Å². The molecular formula is C25H29F6N3O. The Morgan fingerprint density at radius 1 is 1.00 bits per heavy atom. The van der Waals surface area contributed by atoms with Crippen LogP contribution in [0.2, 0.25) is 0 Å². The highest BCUT2D eigenvalue weighted by atomic mass is 19.4. The first-order chi connectivity index (χ1) is 16.4. The minimum absolute atomic E-state index is 0.0647. The van der Waals surface area contributed by atoms with Crippen LogP contribution in [0.15, 0.2) is 48.5 Å². The van der Waals surface area contributed by atoms with E-state index in [0.29, 0.717) is 38.1 Å². The van der Waals surface area contributed by atoms with E-state index in [0.717, 1.165) is 18.4 Å². The number of hydrogen-bond donors (Lipinski definition) is 3. The Hall–Kier alpha value is -2.59. The maximum Gasteiger partial charge on any atom is 0.416 e. The van der Waals surface area contributed by atoms with Gasteiger partial charge in [-0.3, -0.25) is 4.79 Å². The second-order valence-corrected chi connectivity index (χ2v) is 9.02. The Kier molecular flexibility index (Phi) is 8.16. The van der Waals surface area contributed by atoms with Gasteiger partial charge in [0, 0.05) is 19.1 Å². The molecule has 0 spiro atoms. The lowest BCUT2D eigenvalue weighted by atomic mass is 9.74. The molecular weight excluding hydrogens is 472 g/mol. The molecule has 1 amide bonds. The van der Waals surface area contributed by atoms with Crippen molar-refractivity contribution in [1.82, 2.24) is 10.6 Å². The summed E-state index contributed by atoms with van der Waals surface area (Å²) in [4.78, 5) is 13.3. The van der Waals surface area contributed by atoms with E-state index in [1.807, 2.05) is 30.3 Å². The summed E-state index contributed by atoms with van der Waals surface area (Å²) < 4.78 is 79.8. The fourth-order valence-electron chi connectivity index (χ4n) is 4.57. The molecule has 1 aliphatic rings. The largest absolute Gasteiger partial charge is 0.416 e. The quantitative estimate of drug-likeness (QED) is 0.450. The highest BCUT2D eigenvalue weighted by Gasteiger charge is 2.41. The zero-order valence-corrected chi connectivity index (χ0v) is 19.3. The van der Waals surface area contributed by atoms with E-state index in [9.17, 15) is 31.1 Å². The molecule has 0 bridgehead atoms. The number of nitrogens with one attached hydrogen (secondary N) is 2. The zero-order chi connectivity index (χ0) is 25.9. The normalized spacial score (nSPS) is 22.0. The van der Waals surface area contributed by atoms with Gasteiger partial charge in [0.15, 0.2) is 0 Å². The van der Waals surface area contributed by atoms with Crippen LogP contribution >= 0.6 is 0 Å². The number of benzene rings is 2. The van der Waals surface area contributed by atoms with E-state index < -0.39 is 40.8 Å². The maximum absolute atomic E-state index is 13.3. The van der Waals surface area contributed by atoms with E-state index in [4.69, 9.17) is 5.73 Å². The van der Waals surface area contributed by atoms with Crippen LogP contribution < -0.4 is 16.4 Å². The number of alkyl halides is 6. The van der Waals surface area contributed by atoms with Crippen molar-refractivity contribution in [2.75, 3.05) is 13.1 Å². The second-order valence-electron chi connectivity index (χ2n) is 9.02. The van der Waals surface area contributed by atoms with Gasteiger partial charge in [0.05, 0.1) is 22.6 Å². The fourth-order valence-corrected chi connectivity index (χ4v) is 4.57. The first kappa shape index (κ1) is 27.0. The highest BCUT2D eigenvalue weighted by molar-refractivity contribution is 5.84. The highest BCUT2D eigenvalue weighted by Crippen LogP contribution is 2.40. The smallest absolute Gasteiger partial charge is 0.346 e. The molecule has 3 rings (SSSR count). The molecule has 0 radical (unpaired) electrons. The molecule has 0 aliphatic heterocycles. The standard InChI is InChI=1S/C25H29F6N3O/c1-16(17-13-19(24(26,27)28)15-20(14-17)25(29,30)31)22(35)34-23(18-5-3-2-4-6-18)9-7-21(8-10-23)33-12-11-32/h2-6,13-16,21,33H,7-12,32H2,1H3,(H,34,35)/t16?,21-,23-.